The van der Waals surface area contributed by atoms with Crippen molar-refractivity contribution < 1.29 is 23.8 Å². The van der Waals surface area contributed by atoms with Crippen LogP contribution in [0.3, 0.4) is 0 Å². The van der Waals surface area contributed by atoms with Gasteiger partial charge < -0.3 is 23.7 Å². The molecule has 0 fully saturated rings. The fourth-order valence-electron chi connectivity index (χ4n) is 3.95. The van der Waals surface area contributed by atoms with Crippen LogP contribution in [0.25, 0.3) is 0 Å². The van der Waals surface area contributed by atoms with Crippen molar-refractivity contribution in [2.45, 2.75) is 25.8 Å². The van der Waals surface area contributed by atoms with E-state index in [1.807, 2.05) is 48.1 Å². The quantitative estimate of drug-likeness (QED) is 0.549. The summed E-state index contributed by atoms with van der Waals surface area (Å²) in [6.45, 7) is 2.38. The standard InChI is InChI=1S/C24H32N4O5/c1-6-23(29)27(12-13-31-3)16-24(30)28-21(15-19(25-28)20-8-7-11-26(20)2)18-14-17(32-4)9-10-22(18)33-5/h7-11,14,21H,6,12-13,15-16H2,1-5H3/t21-/m0/s1. The fraction of sp³-hybridized carbons (Fsp3) is 0.458. The minimum absolute atomic E-state index is 0.0806. The number of methoxy groups -OCH3 is 3. The average Bonchev–Trinajstić information content (AvgIpc) is 3.46. The number of nitrogens with zero attached hydrogens (tertiary/aromatic N) is 4. The van der Waals surface area contributed by atoms with Crippen LogP contribution in [-0.4, -0.2) is 73.0 Å². The first-order valence-electron chi connectivity index (χ1n) is 10.9. The maximum Gasteiger partial charge on any atom is 0.262 e. The van der Waals surface area contributed by atoms with E-state index in [1.165, 1.54) is 9.91 Å². The van der Waals surface area contributed by atoms with Crippen molar-refractivity contribution >= 4 is 17.5 Å². The number of hydrogen-bond donors (Lipinski definition) is 0. The molecule has 2 amide bonds. The summed E-state index contributed by atoms with van der Waals surface area (Å²) < 4.78 is 18.1. The van der Waals surface area contributed by atoms with E-state index in [9.17, 15) is 9.59 Å². The van der Waals surface area contributed by atoms with Crippen molar-refractivity contribution in [3.05, 3.63) is 47.8 Å². The lowest BCUT2D eigenvalue weighted by atomic mass is 9.99. The Bertz CT molecular complexity index is 1020. The number of carbonyl (C=O) groups is 2. The molecule has 33 heavy (non-hydrogen) atoms. The Hall–Kier alpha value is -3.33. The molecule has 1 aliphatic heterocycles. The number of aromatic nitrogens is 1. The summed E-state index contributed by atoms with van der Waals surface area (Å²) in [4.78, 5) is 27.4. The molecule has 9 nitrogen and oxygen atoms in total. The van der Waals surface area contributed by atoms with Gasteiger partial charge in [0.1, 0.15) is 18.0 Å². The van der Waals surface area contributed by atoms with E-state index in [4.69, 9.17) is 19.3 Å². The number of benzene rings is 1. The summed E-state index contributed by atoms with van der Waals surface area (Å²) in [5.74, 6) is 0.921. The van der Waals surface area contributed by atoms with Gasteiger partial charge in [-0.25, -0.2) is 5.01 Å². The smallest absolute Gasteiger partial charge is 0.262 e. The summed E-state index contributed by atoms with van der Waals surface area (Å²) in [6.07, 6.45) is 2.75. The normalized spacial score (nSPS) is 15.4. The SMILES string of the molecule is CCC(=O)N(CCOC)CC(=O)N1N=C(c2cccn2C)C[C@H]1c1cc(OC)ccc1OC. The van der Waals surface area contributed by atoms with Gasteiger partial charge in [-0.3, -0.25) is 9.59 Å². The zero-order valence-corrected chi connectivity index (χ0v) is 19.9. The van der Waals surface area contributed by atoms with Crippen LogP contribution in [0.1, 0.15) is 37.1 Å². The minimum atomic E-state index is -0.395. The van der Waals surface area contributed by atoms with Gasteiger partial charge in [0.2, 0.25) is 5.91 Å². The van der Waals surface area contributed by atoms with Crippen molar-refractivity contribution in [2.24, 2.45) is 12.1 Å². The monoisotopic (exact) mass is 456 g/mol. The van der Waals surface area contributed by atoms with Crippen molar-refractivity contribution in [3.63, 3.8) is 0 Å². The number of carbonyl (C=O) groups excluding carboxylic acids is 2. The maximum atomic E-state index is 13.5. The van der Waals surface area contributed by atoms with Crippen LogP contribution in [0.2, 0.25) is 0 Å². The summed E-state index contributed by atoms with van der Waals surface area (Å²) >= 11 is 0. The van der Waals surface area contributed by atoms with E-state index in [-0.39, 0.29) is 18.4 Å². The highest BCUT2D eigenvalue weighted by Crippen LogP contribution is 2.39. The van der Waals surface area contributed by atoms with Gasteiger partial charge in [-0.1, -0.05) is 6.92 Å². The predicted octanol–water partition coefficient (Wildman–Crippen LogP) is 2.61. The Morgan fingerprint density at radius 1 is 1.18 bits per heavy atom. The first kappa shape index (κ1) is 24.3. The van der Waals surface area contributed by atoms with E-state index in [0.29, 0.717) is 37.5 Å². The van der Waals surface area contributed by atoms with E-state index < -0.39 is 6.04 Å². The highest BCUT2D eigenvalue weighted by Gasteiger charge is 2.36. The molecule has 0 N–H and O–H groups in total. The first-order valence-corrected chi connectivity index (χ1v) is 10.9. The van der Waals surface area contributed by atoms with Gasteiger partial charge in [0.15, 0.2) is 0 Å². The zero-order chi connectivity index (χ0) is 24.0. The number of rotatable bonds is 10. The first-order chi connectivity index (χ1) is 15.9. The molecule has 178 valence electrons. The second-order valence-corrected chi connectivity index (χ2v) is 7.78. The molecular formula is C24H32N4O5. The van der Waals surface area contributed by atoms with Crippen molar-refractivity contribution in [2.75, 3.05) is 41.0 Å². The number of hydrogen-bond acceptors (Lipinski definition) is 6. The van der Waals surface area contributed by atoms with Gasteiger partial charge in [0.05, 0.1) is 38.3 Å². The fourth-order valence-corrected chi connectivity index (χ4v) is 3.95. The predicted molar refractivity (Wildman–Crippen MR) is 124 cm³/mol. The van der Waals surface area contributed by atoms with E-state index in [2.05, 4.69) is 0 Å². The molecule has 0 saturated heterocycles. The molecule has 0 radical (unpaired) electrons. The molecule has 0 saturated carbocycles. The third-order valence-electron chi connectivity index (χ3n) is 5.75. The van der Waals surface area contributed by atoms with E-state index >= 15 is 0 Å². The Morgan fingerprint density at radius 3 is 2.58 bits per heavy atom. The highest BCUT2D eigenvalue weighted by atomic mass is 16.5. The molecule has 9 heteroatoms. The van der Waals surface area contributed by atoms with Crippen LogP contribution < -0.4 is 9.47 Å². The second kappa shape index (κ2) is 11.0. The Balaban J connectivity index is 1.98. The van der Waals surface area contributed by atoms with Gasteiger partial charge in [-0.2, -0.15) is 5.10 Å². The lowest BCUT2D eigenvalue weighted by Gasteiger charge is -2.27. The molecule has 1 atom stereocenters. The van der Waals surface area contributed by atoms with Gasteiger partial charge >= 0.3 is 0 Å². The molecule has 2 aromatic rings. The lowest BCUT2D eigenvalue weighted by Crippen LogP contribution is -2.42. The molecule has 1 aromatic carbocycles. The average molecular weight is 457 g/mol. The number of hydrazone groups is 1. The van der Waals surface area contributed by atoms with E-state index in [0.717, 1.165) is 17.0 Å². The molecule has 3 rings (SSSR count). The Labute approximate surface area is 194 Å². The molecule has 0 unspecified atom stereocenters. The molecule has 1 aromatic heterocycles. The maximum absolute atomic E-state index is 13.5. The summed E-state index contributed by atoms with van der Waals surface area (Å²) in [7, 11) is 6.70. The third kappa shape index (κ3) is 5.36. The molecule has 0 bridgehead atoms. The molecule has 0 spiro atoms. The van der Waals surface area contributed by atoms with Gasteiger partial charge in [0.25, 0.3) is 5.91 Å². The van der Waals surface area contributed by atoms with Crippen molar-refractivity contribution in [1.29, 1.82) is 0 Å². The molecule has 2 heterocycles. The highest BCUT2D eigenvalue weighted by molar-refractivity contribution is 6.02. The number of ether oxygens (including phenoxy) is 3. The van der Waals surface area contributed by atoms with E-state index in [1.54, 1.807) is 28.3 Å². The van der Waals surface area contributed by atoms with Crippen LogP contribution in [0, 0.1) is 0 Å². The Kier molecular flexibility index (Phi) is 8.11. The Morgan fingerprint density at radius 2 is 1.97 bits per heavy atom. The van der Waals surface area contributed by atoms with Crippen molar-refractivity contribution in [3.8, 4) is 11.5 Å². The van der Waals surface area contributed by atoms with Crippen LogP contribution in [0.15, 0.2) is 41.6 Å². The summed E-state index contributed by atoms with van der Waals surface area (Å²) in [5.41, 5.74) is 2.51. The minimum Gasteiger partial charge on any atom is -0.497 e. The van der Waals surface area contributed by atoms with Crippen LogP contribution in [-0.2, 0) is 21.4 Å². The van der Waals surface area contributed by atoms with Crippen LogP contribution in [0.5, 0.6) is 11.5 Å². The molecule has 1 aliphatic rings. The molecule has 0 aliphatic carbocycles. The second-order valence-electron chi connectivity index (χ2n) is 7.78. The van der Waals surface area contributed by atoms with Crippen LogP contribution in [0.4, 0.5) is 0 Å². The van der Waals surface area contributed by atoms with Gasteiger partial charge in [0, 0.05) is 45.3 Å². The van der Waals surface area contributed by atoms with Gasteiger partial charge in [-0.05, 0) is 30.3 Å². The topological polar surface area (TPSA) is 85.6 Å². The van der Waals surface area contributed by atoms with Crippen molar-refractivity contribution in [1.82, 2.24) is 14.5 Å². The summed E-state index contributed by atoms with van der Waals surface area (Å²) in [5, 5.41) is 6.19. The third-order valence-corrected chi connectivity index (χ3v) is 5.75. The van der Waals surface area contributed by atoms with Gasteiger partial charge in [-0.15, -0.1) is 0 Å². The summed E-state index contributed by atoms with van der Waals surface area (Å²) in [6, 6.07) is 9.02. The molecular weight excluding hydrogens is 424 g/mol. The number of aryl methyl sites for hydroxylation is 1. The largest absolute Gasteiger partial charge is 0.497 e. The van der Waals surface area contributed by atoms with Crippen LogP contribution >= 0.6 is 0 Å². The lowest BCUT2D eigenvalue weighted by molar-refractivity contribution is -0.142. The number of amides is 2. The zero-order valence-electron chi connectivity index (χ0n) is 19.9.